The first-order chi connectivity index (χ1) is 7.67. The van der Waals surface area contributed by atoms with Crippen molar-refractivity contribution in [2.75, 3.05) is 13.1 Å². The molecule has 0 spiro atoms. The molecule has 1 aromatic rings. The Labute approximate surface area is 93.2 Å². The van der Waals surface area contributed by atoms with Crippen LogP contribution in [-0.4, -0.2) is 34.0 Å². The first-order valence-corrected chi connectivity index (χ1v) is 4.95. The average molecular weight is 222 g/mol. The van der Waals surface area contributed by atoms with E-state index >= 15 is 0 Å². The first-order valence-electron chi connectivity index (χ1n) is 4.95. The second-order valence-corrected chi connectivity index (χ2v) is 3.40. The van der Waals surface area contributed by atoms with Gasteiger partial charge >= 0.3 is 0 Å². The molecule has 0 radical (unpaired) electrons. The topological polar surface area (TPSA) is 110 Å². The fourth-order valence-electron chi connectivity index (χ4n) is 1.03. The van der Waals surface area contributed by atoms with Crippen LogP contribution in [0.3, 0.4) is 0 Å². The zero-order chi connectivity index (χ0) is 12.0. The summed E-state index contributed by atoms with van der Waals surface area (Å²) in [5.41, 5.74) is 5.57. The molecule has 0 aliphatic rings. The Morgan fingerprint density at radius 3 is 3.19 bits per heavy atom. The minimum absolute atomic E-state index is 0.219. The van der Waals surface area contributed by atoms with E-state index in [0.717, 1.165) is 0 Å². The smallest absolute Gasteiger partial charge is 0.273 e. The zero-order valence-electron chi connectivity index (χ0n) is 9.05. The van der Waals surface area contributed by atoms with Crippen LogP contribution < -0.4 is 11.1 Å². The highest BCUT2D eigenvalue weighted by Crippen LogP contribution is 1.94. The summed E-state index contributed by atoms with van der Waals surface area (Å²) in [7, 11) is 0. The third kappa shape index (κ3) is 3.33. The highest BCUT2D eigenvalue weighted by Gasteiger charge is 2.11. The molecule has 0 aromatic carbocycles. The van der Waals surface area contributed by atoms with Crippen LogP contribution in [0, 0.1) is 17.2 Å². The molecule has 16 heavy (non-hydrogen) atoms. The maximum absolute atomic E-state index is 11.5. The lowest BCUT2D eigenvalue weighted by Crippen LogP contribution is -2.28. The number of hydrogen-bond donors (Lipinski definition) is 2. The molecule has 3 N–H and O–H groups in total. The van der Waals surface area contributed by atoms with Gasteiger partial charge in [0.05, 0.1) is 24.7 Å². The molecule has 1 rings (SSSR count). The fourth-order valence-corrected chi connectivity index (χ4v) is 1.03. The molecule has 0 aliphatic heterocycles. The molecule has 0 bridgehead atoms. The molecule has 0 saturated carbocycles. The fraction of sp³-hybridized carbons (Fsp3) is 0.556. The predicted octanol–water partition coefficient (Wildman–Crippen LogP) is -0.874. The van der Waals surface area contributed by atoms with Crippen LogP contribution >= 0.6 is 0 Å². The van der Waals surface area contributed by atoms with Gasteiger partial charge in [0.15, 0.2) is 5.69 Å². The highest BCUT2D eigenvalue weighted by atomic mass is 16.2. The van der Waals surface area contributed by atoms with Crippen molar-refractivity contribution in [2.45, 2.75) is 13.5 Å². The van der Waals surface area contributed by atoms with E-state index in [2.05, 4.69) is 15.6 Å². The van der Waals surface area contributed by atoms with Crippen molar-refractivity contribution < 1.29 is 4.79 Å². The average Bonchev–Trinajstić information content (AvgIpc) is 2.74. The molecular weight excluding hydrogens is 208 g/mol. The summed E-state index contributed by atoms with van der Waals surface area (Å²) in [6, 6.07) is 2.02. The molecule has 86 valence electrons. The van der Waals surface area contributed by atoms with Crippen LogP contribution in [0.15, 0.2) is 6.20 Å². The van der Waals surface area contributed by atoms with E-state index in [9.17, 15) is 4.79 Å². The molecule has 1 aromatic heterocycles. The van der Waals surface area contributed by atoms with Crippen LogP contribution in [0.4, 0.5) is 0 Å². The van der Waals surface area contributed by atoms with E-state index in [1.807, 2.05) is 6.07 Å². The number of nitriles is 1. The van der Waals surface area contributed by atoms with Crippen molar-refractivity contribution in [1.82, 2.24) is 20.3 Å². The van der Waals surface area contributed by atoms with Gasteiger partial charge in [-0.25, -0.2) is 0 Å². The normalized spacial score (nSPS) is 11.8. The van der Waals surface area contributed by atoms with E-state index in [0.29, 0.717) is 19.6 Å². The van der Waals surface area contributed by atoms with Gasteiger partial charge in [-0.3, -0.25) is 9.48 Å². The molecule has 1 unspecified atom stereocenters. The minimum atomic E-state index is -0.328. The van der Waals surface area contributed by atoms with Gasteiger partial charge in [-0.05, 0) is 6.92 Å². The summed E-state index contributed by atoms with van der Waals surface area (Å²) in [5, 5.41) is 18.6. The summed E-state index contributed by atoms with van der Waals surface area (Å²) < 4.78 is 1.50. The molecule has 7 nitrogen and oxygen atoms in total. The number of hydrogen-bond acceptors (Lipinski definition) is 5. The van der Waals surface area contributed by atoms with Crippen molar-refractivity contribution >= 4 is 5.91 Å². The second kappa shape index (κ2) is 5.82. The number of amides is 1. The van der Waals surface area contributed by atoms with Crippen molar-refractivity contribution in [2.24, 2.45) is 11.7 Å². The van der Waals surface area contributed by atoms with Gasteiger partial charge in [-0.15, -0.1) is 5.10 Å². The molecule has 0 saturated heterocycles. The van der Waals surface area contributed by atoms with Gasteiger partial charge in [0, 0.05) is 13.1 Å². The third-order valence-corrected chi connectivity index (χ3v) is 1.92. The molecule has 1 amide bonds. The summed E-state index contributed by atoms with van der Waals surface area (Å²) in [6.07, 6.45) is 1.53. The second-order valence-electron chi connectivity index (χ2n) is 3.40. The lowest BCUT2D eigenvalue weighted by Gasteiger charge is -2.02. The summed E-state index contributed by atoms with van der Waals surface area (Å²) in [5.74, 6) is -0.548. The monoisotopic (exact) mass is 222 g/mol. The van der Waals surface area contributed by atoms with Gasteiger partial charge in [0.25, 0.3) is 5.91 Å². The van der Waals surface area contributed by atoms with Crippen molar-refractivity contribution in [3.05, 3.63) is 11.9 Å². The van der Waals surface area contributed by atoms with Gasteiger partial charge in [0.2, 0.25) is 0 Å². The van der Waals surface area contributed by atoms with E-state index in [1.165, 1.54) is 10.9 Å². The number of carbonyl (C=O) groups excluding carboxylic acids is 1. The Bertz CT molecular complexity index is 393. The Kier molecular flexibility index (Phi) is 4.42. The van der Waals surface area contributed by atoms with Crippen LogP contribution in [0.1, 0.15) is 17.4 Å². The molecule has 1 atom stereocenters. The van der Waals surface area contributed by atoms with Crippen molar-refractivity contribution in [1.29, 1.82) is 5.26 Å². The van der Waals surface area contributed by atoms with Gasteiger partial charge < -0.3 is 11.1 Å². The summed E-state index contributed by atoms with van der Waals surface area (Å²) >= 11 is 0. The van der Waals surface area contributed by atoms with E-state index in [-0.39, 0.29) is 17.5 Å². The third-order valence-electron chi connectivity index (χ3n) is 1.92. The largest absolute Gasteiger partial charge is 0.349 e. The van der Waals surface area contributed by atoms with Crippen LogP contribution in [0.25, 0.3) is 0 Å². The van der Waals surface area contributed by atoms with E-state index < -0.39 is 0 Å². The number of aromatic nitrogens is 3. The standard InChI is InChI=1S/C9H14N6O/c1-7(4-11)5-12-9(16)8-6-15(3-2-10)14-13-8/h6-7H,2-3,5,10H2,1H3,(H,12,16). The number of nitrogens with zero attached hydrogens (tertiary/aromatic N) is 4. The van der Waals surface area contributed by atoms with Crippen LogP contribution in [0.2, 0.25) is 0 Å². The van der Waals surface area contributed by atoms with E-state index in [4.69, 9.17) is 11.0 Å². The maximum Gasteiger partial charge on any atom is 0.273 e. The van der Waals surface area contributed by atoms with Gasteiger partial charge in [0.1, 0.15) is 0 Å². The Balaban J connectivity index is 2.50. The number of rotatable bonds is 5. The molecule has 0 fully saturated rings. The van der Waals surface area contributed by atoms with Crippen molar-refractivity contribution in [3.63, 3.8) is 0 Å². The van der Waals surface area contributed by atoms with E-state index in [1.54, 1.807) is 6.92 Å². The summed E-state index contributed by atoms with van der Waals surface area (Å²) in [6.45, 7) is 3.00. The Morgan fingerprint density at radius 1 is 1.81 bits per heavy atom. The van der Waals surface area contributed by atoms with Crippen LogP contribution in [0.5, 0.6) is 0 Å². The number of carbonyl (C=O) groups is 1. The molecule has 7 heteroatoms. The quantitative estimate of drug-likeness (QED) is 0.672. The maximum atomic E-state index is 11.5. The molecular formula is C9H14N6O. The lowest BCUT2D eigenvalue weighted by atomic mass is 10.2. The first kappa shape index (κ1) is 12.1. The van der Waals surface area contributed by atoms with Gasteiger partial charge in [-0.2, -0.15) is 5.26 Å². The van der Waals surface area contributed by atoms with Crippen LogP contribution in [-0.2, 0) is 6.54 Å². The number of nitrogens with one attached hydrogen (secondary N) is 1. The minimum Gasteiger partial charge on any atom is -0.349 e. The SMILES string of the molecule is CC(C#N)CNC(=O)c1cn(CCN)nn1. The molecule has 0 aliphatic carbocycles. The lowest BCUT2D eigenvalue weighted by molar-refractivity contribution is 0.0945. The highest BCUT2D eigenvalue weighted by molar-refractivity contribution is 5.91. The zero-order valence-corrected chi connectivity index (χ0v) is 9.05. The van der Waals surface area contributed by atoms with Gasteiger partial charge in [-0.1, -0.05) is 5.21 Å². The predicted molar refractivity (Wildman–Crippen MR) is 56.2 cm³/mol. The summed E-state index contributed by atoms with van der Waals surface area (Å²) in [4.78, 5) is 11.5. The Hall–Kier alpha value is -1.94. The Morgan fingerprint density at radius 2 is 2.56 bits per heavy atom. The van der Waals surface area contributed by atoms with Crippen molar-refractivity contribution in [3.8, 4) is 6.07 Å². The number of nitrogens with two attached hydrogens (primary N) is 1. The molecule has 1 heterocycles.